The zero-order valence-electron chi connectivity index (χ0n) is 12.1. The Bertz CT molecular complexity index is 712. The van der Waals surface area contributed by atoms with Gasteiger partial charge in [-0.05, 0) is 31.5 Å². The molecule has 0 saturated heterocycles. The Kier molecular flexibility index (Phi) is 4.96. The minimum Gasteiger partial charge on any atom is -0.352 e. The Morgan fingerprint density at radius 1 is 1.48 bits per heavy atom. The van der Waals surface area contributed by atoms with Crippen LogP contribution in [0.1, 0.15) is 26.7 Å². The van der Waals surface area contributed by atoms with E-state index in [2.05, 4.69) is 17.2 Å². The first kappa shape index (κ1) is 15.5. The van der Waals surface area contributed by atoms with Gasteiger partial charge in [0, 0.05) is 11.1 Å². The molecule has 0 radical (unpaired) electrons. The summed E-state index contributed by atoms with van der Waals surface area (Å²) in [5.74, 6) is -0.193. The van der Waals surface area contributed by atoms with Crippen molar-refractivity contribution in [3.63, 3.8) is 0 Å². The van der Waals surface area contributed by atoms with Crippen LogP contribution >= 0.6 is 11.6 Å². The second kappa shape index (κ2) is 6.72. The quantitative estimate of drug-likeness (QED) is 0.922. The van der Waals surface area contributed by atoms with Gasteiger partial charge < -0.3 is 5.32 Å². The molecule has 0 aliphatic rings. The van der Waals surface area contributed by atoms with Gasteiger partial charge in [-0.2, -0.15) is 0 Å². The molecule has 1 heterocycles. The molecule has 1 N–H and O–H groups in total. The summed E-state index contributed by atoms with van der Waals surface area (Å²) in [6.07, 6.45) is 3.30. The monoisotopic (exact) mass is 307 g/mol. The Morgan fingerprint density at radius 2 is 2.24 bits per heavy atom. The maximum Gasteiger partial charge on any atom is 0.261 e. The van der Waals surface area contributed by atoms with Crippen LogP contribution in [0.5, 0.6) is 0 Å². The first-order chi connectivity index (χ1) is 10.0. The summed E-state index contributed by atoms with van der Waals surface area (Å²) in [6.45, 7) is 3.97. The molecule has 0 fully saturated rings. The van der Waals surface area contributed by atoms with Gasteiger partial charge in [0.15, 0.2) is 0 Å². The van der Waals surface area contributed by atoms with E-state index in [1.54, 1.807) is 18.2 Å². The summed E-state index contributed by atoms with van der Waals surface area (Å²) in [4.78, 5) is 28.4. The first-order valence-corrected chi connectivity index (χ1v) is 7.33. The predicted molar refractivity (Wildman–Crippen MR) is 83.5 cm³/mol. The summed E-state index contributed by atoms with van der Waals surface area (Å²) in [5.41, 5.74) is 0.307. The van der Waals surface area contributed by atoms with E-state index in [0.717, 1.165) is 12.8 Å². The van der Waals surface area contributed by atoms with Crippen LogP contribution in [0.15, 0.2) is 29.3 Å². The number of fused-ring (bicyclic) bond motifs is 1. The van der Waals surface area contributed by atoms with Gasteiger partial charge in [-0.3, -0.25) is 14.2 Å². The van der Waals surface area contributed by atoms with Crippen LogP contribution in [0.25, 0.3) is 10.9 Å². The molecule has 2 rings (SSSR count). The number of hydrogen-bond acceptors (Lipinski definition) is 3. The first-order valence-electron chi connectivity index (χ1n) is 6.95. The van der Waals surface area contributed by atoms with E-state index < -0.39 is 0 Å². The maximum absolute atomic E-state index is 12.3. The number of carbonyl (C=O) groups excluding carboxylic acids is 1. The largest absolute Gasteiger partial charge is 0.352 e. The molecule has 0 spiro atoms. The fourth-order valence-corrected chi connectivity index (χ4v) is 2.40. The fraction of sp³-hybridized carbons (Fsp3) is 0.400. The van der Waals surface area contributed by atoms with Crippen molar-refractivity contribution in [1.82, 2.24) is 14.9 Å². The molecule has 112 valence electrons. The molecule has 21 heavy (non-hydrogen) atoms. The van der Waals surface area contributed by atoms with Gasteiger partial charge in [-0.25, -0.2) is 4.98 Å². The zero-order valence-corrected chi connectivity index (χ0v) is 12.9. The number of nitrogens with one attached hydrogen (secondary N) is 1. The Labute approximate surface area is 127 Å². The van der Waals surface area contributed by atoms with Crippen LogP contribution in [-0.4, -0.2) is 21.5 Å². The molecule has 1 atom stereocenters. The third-order valence-corrected chi connectivity index (χ3v) is 3.46. The van der Waals surface area contributed by atoms with Gasteiger partial charge >= 0.3 is 0 Å². The normalized spacial score (nSPS) is 12.3. The third kappa shape index (κ3) is 3.82. The van der Waals surface area contributed by atoms with E-state index in [9.17, 15) is 9.59 Å². The molecule has 1 amide bonds. The molecule has 0 unspecified atom stereocenters. The Morgan fingerprint density at radius 3 is 2.95 bits per heavy atom. The van der Waals surface area contributed by atoms with Crippen molar-refractivity contribution in [1.29, 1.82) is 0 Å². The van der Waals surface area contributed by atoms with Crippen LogP contribution in [-0.2, 0) is 11.3 Å². The lowest BCUT2D eigenvalue weighted by molar-refractivity contribution is -0.122. The van der Waals surface area contributed by atoms with E-state index in [-0.39, 0.29) is 24.1 Å². The van der Waals surface area contributed by atoms with Gasteiger partial charge in [-0.1, -0.05) is 24.9 Å². The zero-order chi connectivity index (χ0) is 15.4. The number of halogens is 1. The molecule has 0 saturated carbocycles. The summed E-state index contributed by atoms with van der Waals surface area (Å²) >= 11 is 5.90. The Balaban J connectivity index is 2.21. The summed E-state index contributed by atoms with van der Waals surface area (Å²) < 4.78 is 1.30. The lowest BCUT2D eigenvalue weighted by Crippen LogP contribution is -2.37. The number of hydrogen-bond donors (Lipinski definition) is 1. The number of benzene rings is 1. The lowest BCUT2D eigenvalue weighted by Gasteiger charge is -2.13. The molecule has 5 nitrogen and oxygen atoms in total. The minimum absolute atomic E-state index is 0.0393. The minimum atomic E-state index is -0.263. The SMILES string of the molecule is CCC[C@@H](C)NC(=O)Cn1cnc2ccc(Cl)cc2c1=O. The highest BCUT2D eigenvalue weighted by atomic mass is 35.5. The average molecular weight is 308 g/mol. The van der Waals surface area contributed by atoms with Gasteiger partial charge in [0.2, 0.25) is 5.91 Å². The molecule has 1 aromatic heterocycles. The summed E-state index contributed by atoms with van der Waals surface area (Å²) in [7, 11) is 0. The molecule has 0 bridgehead atoms. The van der Waals surface area contributed by atoms with Crippen LogP contribution < -0.4 is 10.9 Å². The number of amides is 1. The van der Waals surface area contributed by atoms with Crippen molar-refractivity contribution >= 4 is 28.4 Å². The van der Waals surface area contributed by atoms with Crippen LogP contribution in [0, 0.1) is 0 Å². The summed E-state index contributed by atoms with van der Waals surface area (Å²) in [6, 6.07) is 5.04. The summed E-state index contributed by atoms with van der Waals surface area (Å²) in [5, 5.41) is 3.75. The van der Waals surface area contributed by atoms with Gasteiger partial charge in [0.05, 0.1) is 17.2 Å². The van der Waals surface area contributed by atoms with E-state index in [1.165, 1.54) is 10.9 Å². The molecule has 0 aliphatic carbocycles. The van der Waals surface area contributed by atoms with Gasteiger partial charge in [-0.15, -0.1) is 0 Å². The second-order valence-corrected chi connectivity index (χ2v) is 5.53. The highest BCUT2D eigenvalue weighted by molar-refractivity contribution is 6.31. The van der Waals surface area contributed by atoms with Crippen LogP contribution in [0.3, 0.4) is 0 Å². The molecular weight excluding hydrogens is 290 g/mol. The van der Waals surface area contributed by atoms with Crippen molar-refractivity contribution in [2.45, 2.75) is 39.3 Å². The van der Waals surface area contributed by atoms with Gasteiger partial charge in [0.25, 0.3) is 5.56 Å². The third-order valence-electron chi connectivity index (χ3n) is 3.23. The van der Waals surface area contributed by atoms with Crippen molar-refractivity contribution in [2.24, 2.45) is 0 Å². The number of aromatic nitrogens is 2. The van der Waals surface area contributed by atoms with E-state index >= 15 is 0 Å². The number of rotatable bonds is 5. The highest BCUT2D eigenvalue weighted by Gasteiger charge is 2.10. The average Bonchev–Trinajstić information content (AvgIpc) is 2.42. The molecule has 0 aliphatic heterocycles. The number of carbonyl (C=O) groups is 1. The maximum atomic E-state index is 12.3. The van der Waals surface area contributed by atoms with Crippen molar-refractivity contribution in [3.05, 3.63) is 39.9 Å². The lowest BCUT2D eigenvalue weighted by atomic mass is 10.2. The van der Waals surface area contributed by atoms with Crippen molar-refractivity contribution < 1.29 is 4.79 Å². The van der Waals surface area contributed by atoms with Crippen LogP contribution in [0.4, 0.5) is 0 Å². The second-order valence-electron chi connectivity index (χ2n) is 5.10. The van der Waals surface area contributed by atoms with E-state index in [0.29, 0.717) is 15.9 Å². The standard InChI is InChI=1S/C15H18ClN3O2/c1-3-4-10(2)18-14(20)8-19-9-17-13-6-5-11(16)7-12(13)15(19)21/h5-7,9-10H,3-4,8H2,1-2H3,(H,18,20)/t10-/m1/s1. The highest BCUT2D eigenvalue weighted by Crippen LogP contribution is 2.13. The topological polar surface area (TPSA) is 64.0 Å². The smallest absolute Gasteiger partial charge is 0.261 e. The Hall–Kier alpha value is -1.88. The number of nitrogens with zero attached hydrogens (tertiary/aromatic N) is 2. The van der Waals surface area contributed by atoms with Crippen molar-refractivity contribution in [3.8, 4) is 0 Å². The van der Waals surface area contributed by atoms with Crippen molar-refractivity contribution in [2.75, 3.05) is 0 Å². The predicted octanol–water partition coefficient (Wildman–Crippen LogP) is 2.35. The van der Waals surface area contributed by atoms with E-state index in [1.807, 2.05) is 6.92 Å². The molecule has 1 aromatic carbocycles. The van der Waals surface area contributed by atoms with Crippen LogP contribution in [0.2, 0.25) is 5.02 Å². The molecule has 2 aromatic rings. The van der Waals surface area contributed by atoms with Gasteiger partial charge in [0.1, 0.15) is 6.54 Å². The van der Waals surface area contributed by atoms with E-state index in [4.69, 9.17) is 11.6 Å². The fourth-order valence-electron chi connectivity index (χ4n) is 2.22. The molecular formula is C15H18ClN3O2. The molecule has 6 heteroatoms.